The summed E-state index contributed by atoms with van der Waals surface area (Å²) in [5.41, 5.74) is 10.1. The van der Waals surface area contributed by atoms with E-state index in [0.29, 0.717) is 5.92 Å². The van der Waals surface area contributed by atoms with Crippen LogP contribution in [-0.2, 0) is 6.42 Å². The van der Waals surface area contributed by atoms with E-state index in [0.717, 1.165) is 25.7 Å². The Kier molecular flexibility index (Phi) is 4.12. The number of benzene rings is 2. The van der Waals surface area contributed by atoms with Crippen molar-refractivity contribution in [3.8, 4) is 11.1 Å². The largest absolute Gasteiger partial charge is 0.396 e. The molecule has 1 N–H and O–H groups in total. The molecule has 0 aliphatic heterocycles. The van der Waals surface area contributed by atoms with Crippen molar-refractivity contribution < 1.29 is 5.11 Å². The highest BCUT2D eigenvalue weighted by molar-refractivity contribution is 5.86. The average molecular weight is 316 g/mol. The summed E-state index contributed by atoms with van der Waals surface area (Å²) in [6, 6.07) is 13.5. The smallest absolute Gasteiger partial charge is 0.0431 e. The fourth-order valence-corrected chi connectivity index (χ4v) is 4.19. The van der Waals surface area contributed by atoms with Crippen LogP contribution >= 0.6 is 0 Å². The van der Waals surface area contributed by atoms with Crippen LogP contribution in [-0.4, -0.2) is 11.7 Å². The van der Waals surface area contributed by atoms with Gasteiger partial charge in [-0.05, 0) is 70.6 Å². The molecular formula is C23H24O. The number of allylic oxidation sites excluding steroid dienone is 4. The first-order valence-electron chi connectivity index (χ1n) is 9.00. The minimum absolute atomic E-state index is 0.278. The van der Waals surface area contributed by atoms with Crippen LogP contribution in [0.3, 0.4) is 0 Å². The van der Waals surface area contributed by atoms with Crippen molar-refractivity contribution in [1.82, 2.24) is 0 Å². The number of hydrogen-bond donors (Lipinski definition) is 1. The zero-order valence-corrected chi connectivity index (χ0v) is 14.3. The van der Waals surface area contributed by atoms with Crippen molar-refractivity contribution in [1.29, 1.82) is 0 Å². The van der Waals surface area contributed by atoms with E-state index < -0.39 is 0 Å². The van der Waals surface area contributed by atoms with Gasteiger partial charge >= 0.3 is 0 Å². The Morgan fingerprint density at radius 2 is 1.96 bits per heavy atom. The van der Waals surface area contributed by atoms with E-state index >= 15 is 0 Å². The predicted molar refractivity (Wildman–Crippen MR) is 101 cm³/mol. The predicted octanol–water partition coefficient (Wildman–Crippen LogP) is 5.48. The van der Waals surface area contributed by atoms with Crippen LogP contribution in [0.5, 0.6) is 0 Å². The highest BCUT2D eigenvalue weighted by Crippen LogP contribution is 2.45. The molecule has 0 bridgehead atoms. The molecule has 0 aromatic heterocycles. The summed E-state index contributed by atoms with van der Waals surface area (Å²) in [7, 11) is 0. The average Bonchev–Trinajstić information content (AvgIpc) is 3.26. The van der Waals surface area contributed by atoms with Gasteiger partial charge in [-0.2, -0.15) is 0 Å². The maximum absolute atomic E-state index is 9.19. The molecule has 4 rings (SSSR count). The molecule has 1 atom stereocenters. The Hall–Kier alpha value is -2.12. The van der Waals surface area contributed by atoms with E-state index in [1.807, 2.05) is 0 Å². The van der Waals surface area contributed by atoms with E-state index in [1.165, 1.54) is 39.0 Å². The van der Waals surface area contributed by atoms with Crippen molar-refractivity contribution >= 4 is 5.57 Å². The molecule has 2 aliphatic rings. The van der Waals surface area contributed by atoms with E-state index in [4.69, 9.17) is 0 Å². The molecule has 0 heterocycles. The molecule has 2 aromatic rings. The van der Waals surface area contributed by atoms with Gasteiger partial charge < -0.3 is 5.11 Å². The van der Waals surface area contributed by atoms with Crippen LogP contribution in [0, 0.1) is 0 Å². The van der Waals surface area contributed by atoms with Gasteiger partial charge in [0, 0.05) is 6.61 Å². The lowest BCUT2D eigenvalue weighted by atomic mass is 9.85. The molecule has 0 saturated carbocycles. The monoisotopic (exact) mass is 316 g/mol. The second-order valence-electron chi connectivity index (χ2n) is 6.98. The Balaban J connectivity index is 1.85. The summed E-state index contributed by atoms with van der Waals surface area (Å²) in [5, 5.41) is 9.19. The summed E-state index contributed by atoms with van der Waals surface area (Å²) < 4.78 is 0. The minimum Gasteiger partial charge on any atom is -0.396 e. The summed E-state index contributed by atoms with van der Waals surface area (Å²) in [4.78, 5) is 0. The fourth-order valence-electron chi connectivity index (χ4n) is 4.19. The van der Waals surface area contributed by atoms with Gasteiger partial charge in [-0.15, -0.1) is 0 Å². The van der Waals surface area contributed by atoms with Crippen molar-refractivity contribution in [2.75, 3.05) is 6.61 Å². The SMILES string of the molecule is CC(CCCO)c1ccc(C2=CC=CC2)c2c1-c1ccccc1C2. The molecule has 0 fully saturated rings. The lowest BCUT2D eigenvalue weighted by Crippen LogP contribution is -2.01. The van der Waals surface area contributed by atoms with Gasteiger partial charge in [0.2, 0.25) is 0 Å². The number of rotatable bonds is 5. The van der Waals surface area contributed by atoms with E-state index in [9.17, 15) is 5.11 Å². The second kappa shape index (κ2) is 6.41. The maximum Gasteiger partial charge on any atom is 0.0431 e. The third-order valence-corrected chi connectivity index (χ3v) is 5.44. The molecule has 0 spiro atoms. The summed E-state index contributed by atoms with van der Waals surface area (Å²) >= 11 is 0. The molecular weight excluding hydrogens is 292 g/mol. The molecule has 0 amide bonds. The van der Waals surface area contributed by atoms with E-state index in [1.54, 1.807) is 0 Å². The third kappa shape index (κ3) is 2.53. The normalized spacial score (nSPS) is 16.0. The maximum atomic E-state index is 9.19. The second-order valence-corrected chi connectivity index (χ2v) is 6.98. The Labute approximate surface area is 144 Å². The molecule has 122 valence electrons. The van der Waals surface area contributed by atoms with Crippen LogP contribution in [0.25, 0.3) is 16.7 Å². The molecule has 1 unspecified atom stereocenters. The molecule has 0 radical (unpaired) electrons. The highest BCUT2D eigenvalue weighted by Gasteiger charge is 2.26. The fraction of sp³-hybridized carbons (Fsp3) is 0.304. The van der Waals surface area contributed by atoms with Gasteiger partial charge in [0.05, 0.1) is 0 Å². The van der Waals surface area contributed by atoms with Crippen LogP contribution in [0.1, 0.15) is 54.4 Å². The van der Waals surface area contributed by atoms with Crippen molar-refractivity contribution in [3.05, 3.63) is 76.9 Å². The van der Waals surface area contributed by atoms with Crippen molar-refractivity contribution in [2.45, 2.75) is 38.5 Å². The first-order valence-corrected chi connectivity index (χ1v) is 9.00. The molecule has 2 aliphatic carbocycles. The van der Waals surface area contributed by atoms with Gasteiger partial charge in [-0.3, -0.25) is 0 Å². The number of aliphatic hydroxyl groups excluding tert-OH is 1. The van der Waals surface area contributed by atoms with Crippen molar-refractivity contribution in [3.63, 3.8) is 0 Å². The Morgan fingerprint density at radius 3 is 2.75 bits per heavy atom. The van der Waals surface area contributed by atoms with Gasteiger partial charge in [0.1, 0.15) is 0 Å². The highest BCUT2D eigenvalue weighted by atomic mass is 16.2. The van der Waals surface area contributed by atoms with Gasteiger partial charge in [-0.1, -0.05) is 61.5 Å². The first kappa shape index (κ1) is 15.4. The molecule has 24 heavy (non-hydrogen) atoms. The molecule has 0 saturated heterocycles. The lowest BCUT2D eigenvalue weighted by Gasteiger charge is -2.19. The molecule has 1 heteroatoms. The lowest BCUT2D eigenvalue weighted by molar-refractivity contribution is 0.281. The first-order chi connectivity index (χ1) is 11.8. The number of fused-ring (bicyclic) bond motifs is 3. The Morgan fingerprint density at radius 1 is 1.08 bits per heavy atom. The molecule has 1 nitrogen and oxygen atoms in total. The summed E-state index contributed by atoms with van der Waals surface area (Å²) in [6.07, 6.45) is 10.7. The topological polar surface area (TPSA) is 20.2 Å². The number of hydrogen-bond acceptors (Lipinski definition) is 1. The van der Waals surface area contributed by atoms with Crippen LogP contribution in [0.2, 0.25) is 0 Å². The van der Waals surface area contributed by atoms with Crippen LogP contribution in [0.4, 0.5) is 0 Å². The van der Waals surface area contributed by atoms with Crippen molar-refractivity contribution in [2.24, 2.45) is 0 Å². The van der Waals surface area contributed by atoms with Crippen LogP contribution in [0.15, 0.2) is 54.6 Å². The molecule has 2 aromatic carbocycles. The van der Waals surface area contributed by atoms with E-state index in [2.05, 4.69) is 61.5 Å². The van der Waals surface area contributed by atoms with Crippen LogP contribution < -0.4 is 0 Å². The quantitative estimate of drug-likeness (QED) is 0.661. The summed E-state index contributed by atoms with van der Waals surface area (Å²) in [5.74, 6) is 0.474. The third-order valence-electron chi connectivity index (χ3n) is 5.44. The minimum atomic E-state index is 0.278. The standard InChI is InChI=1S/C23H24O/c1-16(7-6-14-24)19-12-13-20(17-8-2-3-9-17)22-15-18-10-4-5-11-21(18)23(19)22/h2-5,8,10-13,16,24H,6-7,9,14-15H2,1H3. The Bertz CT molecular complexity index is 826. The van der Waals surface area contributed by atoms with Gasteiger partial charge in [-0.25, -0.2) is 0 Å². The zero-order valence-electron chi connectivity index (χ0n) is 14.3. The number of aliphatic hydroxyl groups is 1. The van der Waals surface area contributed by atoms with Gasteiger partial charge in [0.15, 0.2) is 0 Å². The zero-order chi connectivity index (χ0) is 16.5. The van der Waals surface area contributed by atoms with Gasteiger partial charge in [0.25, 0.3) is 0 Å². The summed E-state index contributed by atoms with van der Waals surface area (Å²) in [6.45, 7) is 2.57. The van der Waals surface area contributed by atoms with E-state index in [-0.39, 0.29) is 6.61 Å².